The number of ketones is 1. The van der Waals surface area contributed by atoms with Gasteiger partial charge in [-0.15, -0.1) is 0 Å². The summed E-state index contributed by atoms with van der Waals surface area (Å²) in [5.74, 6) is -1.84. The van der Waals surface area contributed by atoms with Gasteiger partial charge in [-0.25, -0.2) is 4.98 Å². The molecule has 9 nitrogen and oxygen atoms in total. The van der Waals surface area contributed by atoms with Crippen LogP contribution in [-0.4, -0.2) is 63.9 Å². The Kier molecular flexibility index (Phi) is 22.4. The number of imidazole rings is 1. The number of halogens is 2. The van der Waals surface area contributed by atoms with Crippen LogP contribution in [0.4, 0.5) is 0 Å². The number of hydrogen-bond acceptors (Lipinski definition) is 7. The Bertz CT molecular complexity index is 1340. The molecule has 0 N–H and O–H groups in total. The molecule has 14 heteroatoms. The van der Waals surface area contributed by atoms with Crippen molar-refractivity contribution in [1.29, 1.82) is 0 Å². The summed E-state index contributed by atoms with van der Waals surface area (Å²) in [5, 5.41) is 0. The van der Waals surface area contributed by atoms with E-state index in [9.17, 15) is 19.2 Å². The number of nitrogens with zero attached hydrogens (tertiary/aromatic N) is 3. The van der Waals surface area contributed by atoms with Crippen molar-refractivity contribution in [2.75, 3.05) is 14.2 Å². The van der Waals surface area contributed by atoms with Crippen molar-refractivity contribution in [3.8, 4) is 0 Å². The fraction of sp³-hybridized carbons (Fsp3) is 0.387. The van der Waals surface area contributed by atoms with Crippen LogP contribution in [0.3, 0.4) is 0 Å². The van der Waals surface area contributed by atoms with Gasteiger partial charge in [0.2, 0.25) is 5.91 Å². The second-order valence-electron chi connectivity index (χ2n) is 11.4. The monoisotopic (exact) mass is 775 g/mol. The Morgan fingerprint density at radius 2 is 1.36 bits per heavy atom. The topological polar surface area (TPSA) is 119 Å². The summed E-state index contributed by atoms with van der Waals surface area (Å²) in [6, 6.07) is 14.7. The van der Waals surface area contributed by atoms with Crippen LogP contribution in [0.5, 0.6) is 0 Å². The van der Waals surface area contributed by atoms with Gasteiger partial charge in [0.1, 0.15) is 18.0 Å². The maximum Gasteiger partial charge on any atom is 1.00 e. The molecule has 3 aromatic rings. The molecule has 0 spiro atoms. The molecule has 0 bridgehead atoms. The molecule has 2 aromatic carbocycles. The molecule has 0 amide bonds. The van der Waals surface area contributed by atoms with Gasteiger partial charge in [-0.05, 0) is 30.2 Å². The summed E-state index contributed by atoms with van der Waals surface area (Å²) >= 11 is 6.65. The minimum absolute atomic E-state index is 0. The molecular weight excluding hydrogens is 733 g/mol. The van der Waals surface area contributed by atoms with Gasteiger partial charge in [-0.1, -0.05) is 124 Å². The standard InChI is InChI=1S/C11H11BrO3.C9H9BrO2.C6H18NSi2.C5H6N2O.Li/c1-7(13)10(11(14)15-2)8-5-3-4-6-9(8)12;1-12-9(11)6-7-4-2-3-5-8(7)10;1-8(2,3)7-9(4,5)6;1-5(8)7-3-2-6-4-7;/h3-6,10H,1-2H3;2-5H,6H2,1H3;1-6H3;2-4H,1H3;/q;;-1;;+1. The van der Waals surface area contributed by atoms with Gasteiger partial charge < -0.3 is 14.1 Å². The van der Waals surface area contributed by atoms with Gasteiger partial charge in [0.05, 0.1) is 20.6 Å². The summed E-state index contributed by atoms with van der Waals surface area (Å²) < 4.78 is 17.1. The van der Waals surface area contributed by atoms with E-state index >= 15 is 0 Å². The number of carbonyl (C=O) groups is 4. The quantitative estimate of drug-likeness (QED) is 0.188. The number of methoxy groups -OCH3 is 2. The van der Waals surface area contributed by atoms with Crippen molar-refractivity contribution in [2.24, 2.45) is 0 Å². The predicted octanol–water partition coefficient (Wildman–Crippen LogP) is 5.04. The van der Waals surface area contributed by atoms with Crippen molar-refractivity contribution < 1.29 is 47.5 Å². The van der Waals surface area contributed by atoms with Crippen LogP contribution in [0.25, 0.3) is 4.65 Å². The number of rotatable bonds is 7. The van der Waals surface area contributed by atoms with Crippen molar-refractivity contribution in [3.05, 3.63) is 92.0 Å². The molecule has 0 fully saturated rings. The zero-order valence-electron chi connectivity index (χ0n) is 28.2. The van der Waals surface area contributed by atoms with Crippen molar-refractivity contribution in [3.63, 3.8) is 0 Å². The van der Waals surface area contributed by atoms with E-state index in [-0.39, 0.29) is 36.5 Å². The Balaban J connectivity index is 0. The summed E-state index contributed by atoms with van der Waals surface area (Å²) in [6.07, 6.45) is 4.98. The molecule has 0 saturated carbocycles. The van der Waals surface area contributed by atoms with E-state index in [1.807, 2.05) is 30.3 Å². The SMILES string of the molecule is CC(=O)n1ccnc1.COC(=O)C(C(C)=O)c1ccccc1Br.COC(=O)Cc1ccccc1Br.C[Si](C)(C)[N-][Si](C)(C)C.[Li+]. The molecule has 1 unspecified atom stereocenters. The summed E-state index contributed by atoms with van der Waals surface area (Å²) in [5.41, 5.74) is 1.58. The van der Waals surface area contributed by atoms with Gasteiger partial charge in [0, 0.05) is 28.3 Å². The molecule has 0 saturated heterocycles. The first-order valence-electron chi connectivity index (χ1n) is 13.7. The van der Waals surface area contributed by atoms with E-state index < -0.39 is 28.4 Å². The normalized spacial score (nSPS) is 10.9. The van der Waals surface area contributed by atoms with Crippen LogP contribution < -0.4 is 18.9 Å². The third kappa shape index (κ3) is 20.6. The Morgan fingerprint density at radius 3 is 1.69 bits per heavy atom. The molecule has 3 rings (SSSR count). The van der Waals surface area contributed by atoms with Crippen molar-refractivity contribution in [1.82, 2.24) is 9.55 Å². The van der Waals surface area contributed by atoms with Gasteiger partial charge >= 0.3 is 30.8 Å². The van der Waals surface area contributed by atoms with Gasteiger partial charge in [0.25, 0.3) is 0 Å². The Labute approximate surface area is 298 Å². The molecule has 0 radical (unpaired) electrons. The minimum atomic E-state index is -1.11. The van der Waals surface area contributed by atoms with Crippen LogP contribution >= 0.6 is 31.9 Å². The minimum Gasteiger partial charge on any atom is -0.668 e. The fourth-order valence-corrected chi connectivity index (χ4v) is 12.6. The van der Waals surface area contributed by atoms with E-state index in [1.54, 1.807) is 30.6 Å². The van der Waals surface area contributed by atoms with Gasteiger partial charge in [0.15, 0.2) is 0 Å². The van der Waals surface area contributed by atoms with E-state index in [1.165, 1.54) is 39.0 Å². The van der Waals surface area contributed by atoms with Gasteiger partial charge in [-0.2, -0.15) is 0 Å². The summed E-state index contributed by atoms with van der Waals surface area (Å²) in [7, 11) is 0.449. The maximum atomic E-state index is 11.4. The average molecular weight is 778 g/mol. The number of hydrogen-bond donors (Lipinski definition) is 0. The molecule has 1 heterocycles. The molecular formula is C31H44Br2LiN3O6Si2. The van der Waals surface area contributed by atoms with E-state index in [2.05, 4.69) is 85.6 Å². The van der Waals surface area contributed by atoms with Crippen LogP contribution in [0.15, 0.2) is 76.2 Å². The maximum absolute atomic E-state index is 11.4. The molecule has 1 atom stereocenters. The first-order valence-corrected chi connectivity index (χ1v) is 22.2. The number of ether oxygens (including phenoxy) is 2. The second kappa shape index (κ2) is 22.4. The summed E-state index contributed by atoms with van der Waals surface area (Å²) in [6.45, 7) is 16.6. The summed E-state index contributed by atoms with van der Waals surface area (Å²) in [4.78, 5) is 47.8. The Morgan fingerprint density at radius 1 is 0.844 bits per heavy atom. The number of carbonyl (C=O) groups excluding carboxylic acids is 4. The van der Waals surface area contributed by atoms with E-state index in [0.717, 1.165) is 14.5 Å². The molecule has 1 aromatic heterocycles. The molecule has 0 aliphatic carbocycles. The second-order valence-corrected chi connectivity index (χ2v) is 22.7. The first kappa shape index (κ1) is 45.0. The number of benzene rings is 2. The zero-order chi connectivity index (χ0) is 34.1. The molecule has 45 heavy (non-hydrogen) atoms. The third-order valence-corrected chi connectivity index (χ3v) is 12.0. The molecule has 242 valence electrons. The third-order valence-electron chi connectivity index (χ3n) is 5.12. The molecule has 0 aliphatic heterocycles. The number of aromatic nitrogens is 2. The predicted molar refractivity (Wildman–Crippen MR) is 188 cm³/mol. The van der Waals surface area contributed by atoms with Gasteiger partial charge in [-0.3, -0.25) is 23.7 Å². The molecule has 0 aliphatic rings. The van der Waals surface area contributed by atoms with Crippen LogP contribution in [0.1, 0.15) is 35.7 Å². The van der Waals surface area contributed by atoms with Crippen molar-refractivity contribution in [2.45, 2.75) is 65.5 Å². The number of esters is 2. The van der Waals surface area contributed by atoms with Crippen LogP contribution in [0.2, 0.25) is 39.3 Å². The largest absolute Gasteiger partial charge is 1.00 e. The van der Waals surface area contributed by atoms with Crippen molar-refractivity contribution >= 4 is 72.0 Å². The fourth-order valence-electron chi connectivity index (χ4n) is 3.66. The zero-order valence-corrected chi connectivity index (χ0v) is 33.4. The first-order chi connectivity index (χ1) is 20.3. The van der Waals surface area contributed by atoms with Crippen LogP contribution in [0, 0.1) is 0 Å². The Hall–Kier alpha value is -2.12. The van der Waals surface area contributed by atoms with Crippen LogP contribution in [-0.2, 0) is 30.3 Å². The smallest absolute Gasteiger partial charge is 0.668 e. The van der Waals surface area contributed by atoms with E-state index in [0.29, 0.717) is 12.0 Å². The average Bonchev–Trinajstić information content (AvgIpc) is 3.46. The number of Topliss-reactive ketones (excluding diaryl/α,β-unsaturated/α-hetero) is 1. The van der Waals surface area contributed by atoms with E-state index in [4.69, 9.17) is 4.65 Å².